The van der Waals surface area contributed by atoms with Crippen molar-refractivity contribution in [2.45, 2.75) is 19.4 Å². The quantitative estimate of drug-likeness (QED) is 0.928. The Balaban J connectivity index is 0.000000204. The van der Waals surface area contributed by atoms with Gasteiger partial charge in [-0.25, -0.2) is 0 Å². The van der Waals surface area contributed by atoms with E-state index in [4.69, 9.17) is 0 Å². The Morgan fingerprint density at radius 2 is 1.85 bits per heavy atom. The maximum absolute atomic E-state index is 10.2. The molecule has 4 heteroatoms. The Hall–Kier alpha value is -1.65. The van der Waals surface area contributed by atoms with Gasteiger partial charge in [-0.05, 0) is 24.6 Å². The highest BCUT2D eigenvalue weighted by atomic mass is 79.9. The molecule has 0 spiro atoms. The van der Waals surface area contributed by atoms with E-state index in [1.54, 1.807) is 18.2 Å². The molecule has 0 aromatic heterocycles. The summed E-state index contributed by atoms with van der Waals surface area (Å²) in [6.45, 7) is 2.09. The lowest BCUT2D eigenvalue weighted by Crippen LogP contribution is -2.51. The van der Waals surface area contributed by atoms with E-state index in [1.165, 1.54) is 5.56 Å². The summed E-state index contributed by atoms with van der Waals surface area (Å²) in [4.78, 5) is 10.2. The number of carbonyl (C=O) groups is 1. The zero-order chi connectivity index (χ0) is 15.0. The van der Waals surface area contributed by atoms with Crippen LogP contribution in [-0.2, 0) is 11.2 Å². The van der Waals surface area contributed by atoms with Crippen LogP contribution < -0.4 is 10.8 Å². The molecule has 0 saturated heterocycles. The van der Waals surface area contributed by atoms with Gasteiger partial charge in [0.2, 0.25) is 0 Å². The summed E-state index contributed by atoms with van der Waals surface area (Å²) in [6, 6.07) is 17.8. The second-order valence-corrected chi connectivity index (χ2v) is 5.41. The fourth-order valence-electron chi connectivity index (χ4n) is 1.60. The highest BCUT2D eigenvalue weighted by molar-refractivity contribution is 9.10. The molecule has 1 atom stereocenters. The fraction of sp³-hybridized carbons (Fsp3) is 0.188. The van der Waals surface area contributed by atoms with E-state index < -0.39 is 5.97 Å². The number of rotatable bonds is 3. The van der Waals surface area contributed by atoms with E-state index in [2.05, 4.69) is 40.7 Å². The molecule has 0 radical (unpaired) electrons. The lowest BCUT2D eigenvalue weighted by Gasteiger charge is -2.01. The summed E-state index contributed by atoms with van der Waals surface area (Å²) in [5.74, 6) is -1.05. The first-order valence-electron chi connectivity index (χ1n) is 6.31. The number of benzene rings is 2. The highest BCUT2D eigenvalue weighted by Crippen LogP contribution is 2.11. The number of carboxylic acids is 1. The topological polar surface area (TPSA) is 67.8 Å². The third-order valence-electron chi connectivity index (χ3n) is 2.61. The van der Waals surface area contributed by atoms with Crippen molar-refractivity contribution in [1.82, 2.24) is 0 Å². The van der Waals surface area contributed by atoms with E-state index in [0.29, 0.717) is 6.04 Å². The molecule has 0 aliphatic heterocycles. The van der Waals surface area contributed by atoms with Gasteiger partial charge in [0.05, 0.1) is 0 Å². The molecule has 0 aliphatic carbocycles. The Morgan fingerprint density at radius 3 is 2.30 bits per heavy atom. The van der Waals surface area contributed by atoms with Gasteiger partial charge in [-0.3, -0.25) is 0 Å². The van der Waals surface area contributed by atoms with Gasteiger partial charge in [0.1, 0.15) is 6.04 Å². The minimum Gasteiger partial charge on any atom is -0.550 e. The molecular formula is C16H18BrNO2. The number of halogens is 1. The number of hydrogen-bond donors (Lipinski definition) is 1. The molecule has 2 aromatic carbocycles. The largest absolute Gasteiger partial charge is 0.550 e. The summed E-state index contributed by atoms with van der Waals surface area (Å²) >= 11 is 3.24. The van der Waals surface area contributed by atoms with Crippen LogP contribution in [0.3, 0.4) is 0 Å². The summed E-state index contributed by atoms with van der Waals surface area (Å²) < 4.78 is 0.885. The van der Waals surface area contributed by atoms with Crippen LogP contribution in [0.25, 0.3) is 0 Å². The molecule has 3 nitrogen and oxygen atoms in total. The average molecular weight is 336 g/mol. The molecule has 3 N–H and O–H groups in total. The Morgan fingerprint density at radius 1 is 1.20 bits per heavy atom. The highest BCUT2D eigenvalue weighted by Gasteiger charge is 1.97. The second kappa shape index (κ2) is 8.51. The minimum absolute atomic E-state index is 0.0283. The fourth-order valence-corrected chi connectivity index (χ4v) is 2.04. The van der Waals surface area contributed by atoms with Crippen molar-refractivity contribution in [2.75, 3.05) is 0 Å². The molecule has 20 heavy (non-hydrogen) atoms. The molecule has 2 rings (SSSR count). The molecule has 0 amide bonds. The number of aliphatic carboxylic acids is 1. The van der Waals surface area contributed by atoms with Crippen molar-refractivity contribution in [2.24, 2.45) is 0 Å². The number of carboxylic acid groups (broad SMARTS) is 1. The van der Waals surface area contributed by atoms with Crippen LogP contribution in [0.2, 0.25) is 0 Å². The molecule has 0 saturated carbocycles. The van der Waals surface area contributed by atoms with Crippen molar-refractivity contribution in [3.8, 4) is 0 Å². The van der Waals surface area contributed by atoms with Crippen LogP contribution in [0.1, 0.15) is 24.1 Å². The number of quaternary nitrogens is 1. The summed E-state index contributed by atoms with van der Waals surface area (Å²) in [6.07, 6.45) is -0.0283. The summed E-state index contributed by atoms with van der Waals surface area (Å²) in [7, 11) is 0. The SMILES string of the molecule is C[C@@H]([NH3+])c1ccccc1.O=C([O-])Cc1cccc(Br)c1. The average Bonchev–Trinajstić information content (AvgIpc) is 2.39. The van der Waals surface area contributed by atoms with Crippen LogP contribution in [0.5, 0.6) is 0 Å². The third kappa shape index (κ3) is 6.50. The van der Waals surface area contributed by atoms with Crippen molar-refractivity contribution >= 4 is 21.9 Å². The van der Waals surface area contributed by atoms with Gasteiger partial charge in [0.25, 0.3) is 0 Å². The molecule has 106 valence electrons. The van der Waals surface area contributed by atoms with E-state index >= 15 is 0 Å². The van der Waals surface area contributed by atoms with Crippen LogP contribution >= 0.6 is 15.9 Å². The zero-order valence-electron chi connectivity index (χ0n) is 11.4. The first kappa shape index (κ1) is 16.4. The Labute approximate surface area is 127 Å². The van der Waals surface area contributed by atoms with Crippen LogP contribution in [0, 0.1) is 0 Å². The molecular weight excluding hydrogens is 318 g/mol. The van der Waals surface area contributed by atoms with Gasteiger partial charge in [-0.15, -0.1) is 0 Å². The van der Waals surface area contributed by atoms with Gasteiger partial charge in [0.15, 0.2) is 0 Å². The Kier molecular flexibility index (Phi) is 6.98. The second-order valence-electron chi connectivity index (χ2n) is 4.49. The third-order valence-corrected chi connectivity index (χ3v) is 3.10. The molecule has 2 aromatic rings. The van der Waals surface area contributed by atoms with Crippen molar-refractivity contribution in [1.29, 1.82) is 0 Å². The lowest BCUT2D eigenvalue weighted by molar-refractivity contribution is -0.420. The number of carbonyl (C=O) groups excluding carboxylic acids is 1. The van der Waals surface area contributed by atoms with Gasteiger partial charge in [-0.1, -0.05) is 58.4 Å². The van der Waals surface area contributed by atoms with Crippen molar-refractivity contribution in [3.63, 3.8) is 0 Å². The molecule has 0 fully saturated rings. The summed E-state index contributed by atoms with van der Waals surface area (Å²) in [5, 5.41) is 10.2. The van der Waals surface area contributed by atoms with Crippen LogP contribution in [0.4, 0.5) is 0 Å². The monoisotopic (exact) mass is 335 g/mol. The van der Waals surface area contributed by atoms with E-state index in [9.17, 15) is 9.90 Å². The van der Waals surface area contributed by atoms with E-state index in [1.807, 2.05) is 24.3 Å². The predicted molar refractivity (Wildman–Crippen MR) is 80.6 cm³/mol. The predicted octanol–water partition coefficient (Wildman–Crippen LogP) is 1.73. The Bertz CT molecular complexity index is 541. The molecule has 0 unspecified atom stereocenters. The smallest absolute Gasteiger partial charge is 0.107 e. The normalized spacial score (nSPS) is 11.2. The van der Waals surface area contributed by atoms with Gasteiger partial charge >= 0.3 is 0 Å². The maximum Gasteiger partial charge on any atom is 0.107 e. The molecule has 0 bridgehead atoms. The van der Waals surface area contributed by atoms with Gasteiger partial charge in [-0.2, -0.15) is 0 Å². The maximum atomic E-state index is 10.2. The minimum atomic E-state index is -1.05. The van der Waals surface area contributed by atoms with Crippen LogP contribution in [-0.4, -0.2) is 5.97 Å². The van der Waals surface area contributed by atoms with Crippen molar-refractivity contribution < 1.29 is 15.6 Å². The van der Waals surface area contributed by atoms with E-state index in [-0.39, 0.29) is 6.42 Å². The standard InChI is InChI=1S/C8H7BrO2.C8H11N/c9-7-3-1-2-6(4-7)5-8(10)11;1-7(9)8-5-3-2-4-6-8/h1-4H,5H2,(H,10,11);2-7H,9H2,1H3/t;7-/m.1/s1. The van der Waals surface area contributed by atoms with E-state index in [0.717, 1.165) is 10.0 Å². The molecule has 0 aliphatic rings. The number of hydrogen-bond acceptors (Lipinski definition) is 2. The first-order chi connectivity index (χ1) is 9.49. The van der Waals surface area contributed by atoms with Crippen LogP contribution in [0.15, 0.2) is 59.1 Å². The van der Waals surface area contributed by atoms with Gasteiger partial charge < -0.3 is 15.6 Å². The summed E-state index contributed by atoms with van der Waals surface area (Å²) in [5.41, 5.74) is 5.96. The van der Waals surface area contributed by atoms with Crippen molar-refractivity contribution in [3.05, 3.63) is 70.2 Å². The zero-order valence-corrected chi connectivity index (χ0v) is 13.0. The molecule has 0 heterocycles. The lowest BCUT2D eigenvalue weighted by atomic mass is 10.1. The first-order valence-corrected chi connectivity index (χ1v) is 7.10. The van der Waals surface area contributed by atoms with Gasteiger partial charge in [0, 0.05) is 22.4 Å².